The number of allylic oxidation sites excluding steroid dienone is 1. The van der Waals surface area contributed by atoms with Crippen LogP contribution in [-0.4, -0.2) is 0 Å². The topological polar surface area (TPSA) is 9.23 Å². The molecule has 0 aliphatic rings. The summed E-state index contributed by atoms with van der Waals surface area (Å²) in [5.41, 5.74) is 0. The molecule has 0 aliphatic carbocycles. The monoisotopic (exact) mass is 166 g/mol. The van der Waals surface area contributed by atoms with E-state index in [0.717, 1.165) is 0 Å². The summed E-state index contributed by atoms with van der Waals surface area (Å²) in [5, 5.41) is 0. The maximum Gasteiger partial charge on any atom is 0.274 e. The maximum absolute atomic E-state index is 12.7. The van der Waals surface area contributed by atoms with Crippen LogP contribution < -0.4 is 4.74 Å². The number of ether oxygens (including phenoxy) is 1. The normalized spacial score (nSPS) is 11.3. The van der Waals surface area contributed by atoms with E-state index in [9.17, 15) is 4.39 Å². The summed E-state index contributed by atoms with van der Waals surface area (Å²) >= 11 is 0. The predicted octanol–water partition coefficient (Wildman–Crippen LogP) is 3.29. The molecule has 64 valence electrons. The summed E-state index contributed by atoms with van der Waals surface area (Å²) < 4.78 is 17.6. The quantitative estimate of drug-likeness (QED) is 0.626. The lowest BCUT2D eigenvalue weighted by molar-refractivity contribution is 0.300. The van der Waals surface area contributed by atoms with Crippen LogP contribution in [-0.2, 0) is 0 Å². The van der Waals surface area contributed by atoms with Crippen LogP contribution in [0, 0.1) is 0 Å². The van der Waals surface area contributed by atoms with Gasteiger partial charge in [0.1, 0.15) is 5.75 Å². The minimum Gasteiger partial charge on any atom is -0.432 e. The van der Waals surface area contributed by atoms with Crippen molar-refractivity contribution in [3.8, 4) is 5.75 Å². The molecule has 1 rings (SSSR count). The molecule has 0 saturated heterocycles. The first-order valence-electron chi connectivity index (χ1n) is 3.91. The van der Waals surface area contributed by atoms with Gasteiger partial charge in [-0.1, -0.05) is 25.1 Å². The highest BCUT2D eigenvalue weighted by Gasteiger charge is 1.95. The first-order chi connectivity index (χ1) is 5.83. The molecule has 1 aromatic rings. The summed E-state index contributed by atoms with van der Waals surface area (Å²) in [6, 6.07) is 8.34. The van der Waals surface area contributed by atoms with Crippen molar-refractivity contribution in [3.05, 3.63) is 42.4 Å². The van der Waals surface area contributed by atoms with Gasteiger partial charge in [0, 0.05) is 0 Å². The van der Waals surface area contributed by atoms with Crippen LogP contribution in [0.4, 0.5) is 4.39 Å². The molecule has 1 nitrogen and oxygen atoms in total. The minimum atomic E-state index is -0.538. The van der Waals surface area contributed by atoms with Gasteiger partial charge in [0.2, 0.25) is 0 Å². The number of rotatable bonds is 3. The third-order valence-electron chi connectivity index (χ3n) is 1.32. The largest absolute Gasteiger partial charge is 0.432 e. The molecule has 0 spiro atoms. The van der Waals surface area contributed by atoms with Crippen molar-refractivity contribution in [1.82, 2.24) is 0 Å². The maximum atomic E-state index is 12.7. The third kappa shape index (κ3) is 2.74. The minimum absolute atomic E-state index is 0.528. The lowest BCUT2D eigenvalue weighted by Crippen LogP contribution is -1.87. The number of para-hydroxylation sites is 1. The fourth-order valence-electron chi connectivity index (χ4n) is 0.803. The zero-order valence-electron chi connectivity index (χ0n) is 6.96. The fraction of sp³-hybridized carbons (Fsp3) is 0.200. The highest BCUT2D eigenvalue weighted by Crippen LogP contribution is 2.13. The second-order valence-corrected chi connectivity index (χ2v) is 2.33. The summed E-state index contributed by atoms with van der Waals surface area (Å²) in [5.74, 6) is 0.528. The van der Waals surface area contributed by atoms with Crippen molar-refractivity contribution in [2.24, 2.45) is 0 Å². The van der Waals surface area contributed by atoms with Gasteiger partial charge in [-0.3, -0.25) is 0 Å². The second-order valence-electron chi connectivity index (χ2n) is 2.33. The van der Waals surface area contributed by atoms with Crippen LogP contribution in [0.5, 0.6) is 5.75 Å². The molecular weight excluding hydrogens is 155 g/mol. The molecule has 2 heteroatoms. The number of halogens is 1. The highest BCUT2D eigenvalue weighted by molar-refractivity contribution is 5.22. The molecule has 0 aromatic heterocycles. The predicted molar refractivity (Wildman–Crippen MR) is 46.6 cm³/mol. The Morgan fingerprint density at radius 3 is 2.67 bits per heavy atom. The van der Waals surface area contributed by atoms with E-state index in [1.807, 2.05) is 13.0 Å². The van der Waals surface area contributed by atoms with Gasteiger partial charge in [-0.15, -0.1) is 0 Å². The van der Waals surface area contributed by atoms with Gasteiger partial charge in [0.15, 0.2) is 0 Å². The number of hydrogen-bond acceptors (Lipinski definition) is 1. The number of hydrogen-bond donors (Lipinski definition) is 0. The van der Waals surface area contributed by atoms with E-state index in [1.165, 1.54) is 6.08 Å². The van der Waals surface area contributed by atoms with E-state index >= 15 is 0 Å². The SMILES string of the molecule is CC/C=C(\F)Oc1ccccc1. The Kier molecular flexibility index (Phi) is 3.33. The van der Waals surface area contributed by atoms with Gasteiger partial charge in [-0.2, -0.15) is 4.39 Å². The summed E-state index contributed by atoms with van der Waals surface area (Å²) in [7, 11) is 0. The Morgan fingerprint density at radius 2 is 2.08 bits per heavy atom. The molecule has 0 bridgehead atoms. The van der Waals surface area contributed by atoms with Crippen LogP contribution in [0.3, 0.4) is 0 Å². The zero-order valence-corrected chi connectivity index (χ0v) is 6.96. The van der Waals surface area contributed by atoms with E-state index in [-0.39, 0.29) is 0 Å². The molecule has 0 atom stereocenters. The standard InChI is InChI=1S/C10H11FO/c1-2-6-10(11)12-9-7-4-3-5-8-9/h3-8H,2H2,1H3/b10-6+. The lowest BCUT2D eigenvalue weighted by Gasteiger charge is -2.00. The van der Waals surface area contributed by atoms with Gasteiger partial charge < -0.3 is 4.74 Å². The fourth-order valence-corrected chi connectivity index (χ4v) is 0.803. The molecule has 0 heterocycles. The van der Waals surface area contributed by atoms with Gasteiger partial charge in [0.05, 0.1) is 0 Å². The van der Waals surface area contributed by atoms with Crippen LogP contribution >= 0.6 is 0 Å². The van der Waals surface area contributed by atoms with Crippen molar-refractivity contribution in [3.63, 3.8) is 0 Å². The number of benzene rings is 1. The van der Waals surface area contributed by atoms with Crippen LogP contribution in [0.25, 0.3) is 0 Å². The van der Waals surface area contributed by atoms with E-state index in [4.69, 9.17) is 4.74 Å². The van der Waals surface area contributed by atoms with E-state index in [1.54, 1.807) is 24.3 Å². The Bertz CT molecular complexity index is 254. The van der Waals surface area contributed by atoms with Crippen molar-refractivity contribution in [2.75, 3.05) is 0 Å². The van der Waals surface area contributed by atoms with Gasteiger partial charge in [-0.05, 0) is 24.6 Å². The summed E-state index contributed by atoms with van der Waals surface area (Å²) in [6.45, 7) is 1.86. The molecule has 0 amide bonds. The van der Waals surface area contributed by atoms with Crippen LogP contribution in [0.2, 0.25) is 0 Å². The third-order valence-corrected chi connectivity index (χ3v) is 1.32. The van der Waals surface area contributed by atoms with E-state index < -0.39 is 6.01 Å². The Hall–Kier alpha value is -1.31. The van der Waals surface area contributed by atoms with Gasteiger partial charge >= 0.3 is 0 Å². The molecule has 0 radical (unpaired) electrons. The van der Waals surface area contributed by atoms with Crippen LogP contribution in [0.1, 0.15) is 13.3 Å². The average molecular weight is 166 g/mol. The van der Waals surface area contributed by atoms with Crippen molar-refractivity contribution >= 4 is 0 Å². The van der Waals surface area contributed by atoms with Crippen molar-refractivity contribution in [1.29, 1.82) is 0 Å². The smallest absolute Gasteiger partial charge is 0.274 e. The first-order valence-corrected chi connectivity index (χ1v) is 3.91. The Morgan fingerprint density at radius 1 is 1.42 bits per heavy atom. The van der Waals surface area contributed by atoms with Gasteiger partial charge in [-0.25, -0.2) is 0 Å². The zero-order chi connectivity index (χ0) is 8.81. The average Bonchev–Trinajstić information content (AvgIpc) is 2.06. The molecule has 12 heavy (non-hydrogen) atoms. The Balaban J connectivity index is 2.58. The summed E-state index contributed by atoms with van der Waals surface area (Å²) in [6.07, 6.45) is 2.03. The van der Waals surface area contributed by atoms with Crippen molar-refractivity contribution in [2.45, 2.75) is 13.3 Å². The second kappa shape index (κ2) is 4.54. The van der Waals surface area contributed by atoms with Crippen molar-refractivity contribution < 1.29 is 9.13 Å². The molecule has 0 fully saturated rings. The molecule has 0 saturated carbocycles. The molecule has 1 aromatic carbocycles. The summed E-state index contributed by atoms with van der Waals surface area (Å²) in [4.78, 5) is 0. The molecular formula is C10H11FO. The van der Waals surface area contributed by atoms with E-state index in [2.05, 4.69) is 0 Å². The van der Waals surface area contributed by atoms with Gasteiger partial charge in [0.25, 0.3) is 6.01 Å². The van der Waals surface area contributed by atoms with Crippen LogP contribution in [0.15, 0.2) is 42.4 Å². The Labute approximate surface area is 71.5 Å². The van der Waals surface area contributed by atoms with E-state index in [0.29, 0.717) is 12.2 Å². The first kappa shape index (κ1) is 8.78. The molecule has 0 N–H and O–H groups in total. The molecule has 0 aliphatic heterocycles. The molecule has 0 unspecified atom stereocenters. The highest BCUT2D eigenvalue weighted by atomic mass is 19.1. The lowest BCUT2D eigenvalue weighted by atomic mass is 10.3.